The Kier molecular flexibility index (Phi) is 30.9. The number of aliphatic hydroxyl groups excluding tert-OH is 1. The van der Waals surface area contributed by atoms with Gasteiger partial charge in [-0.25, -0.2) is 0 Å². The maximum absolute atomic E-state index is 14.1. The van der Waals surface area contributed by atoms with E-state index in [1.165, 1.54) is 109 Å². The molecule has 1 N–H and O–H groups in total. The van der Waals surface area contributed by atoms with Gasteiger partial charge in [-0.05, 0) is 39.8 Å². The molecule has 0 aromatic heterocycles. The third kappa shape index (κ3) is 25.3. The molecule has 0 aliphatic carbocycles. The van der Waals surface area contributed by atoms with Crippen LogP contribution in [0, 0.1) is 5.92 Å². The van der Waals surface area contributed by atoms with Gasteiger partial charge in [-0.15, -0.1) is 0 Å². The Labute approximate surface area is 269 Å². The molecule has 0 aliphatic rings. The smallest absolute Gasteiger partial charge is 0.225 e. The fraction of sp³-hybridized carbons (Fsp3) is 0.919. The Morgan fingerprint density at radius 2 is 1.16 bits per heavy atom. The molecule has 43 heavy (non-hydrogen) atoms. The molecule has 6 heteroatoms. The summed E-state index contributed by atoms with van der Waals surface area (Å²) in [6.45, 7) is 8.37. The van der Waals surface area contributed by atoms with E-state index in [0.717, 1.165) is 38.6 Å². The number of rotatable bonds is 32. The second kappa shape index (κ2) is 31.3. The van der Waals surface area contributed by atoms with Gasteiger partial charge in [0.1, 0.15) is 0 Å². The monoisotopic (exact) mass is 627 g/mol. The fourth-order valence-corrected chi connectivity index (χ4v) is 7.55. The Balaban J connectivity index is 5.36. The van der Waals surface area contributed by atoms with Crippen molar-refractivity contribution in [2.75, 3.05) is 46.5 Å². The first-order valence-electron chi connectivity index (χ1n) is 18.6. The second-order valence-corrected chi connectivity index (χ2v) is 15.6. The van der Waals surface area contributed by atoms with E-state index in [1.807, 2.05) is 23.9 Å². The third-order valence-corrected chi connectivity index (χ3v) is 10.9. The molecule has 0 saturated heterocycles. The molecule has 256 valence electrons. The lowest BCUT2D eigenvalue weighted by Gasteiger charge is -2.30. The summed E-state index contributed by atoms with van der Waals surface area (Å²) in [6, 6.07) is 0. The van der Waals surface area contributed by atoms with Crippen LogP contribution in [0.1, 0.15) is 162 Å². The molecule has 0 aliphatic heterocycles. The molecule has 2 atom stereocenters. The van der Waals surface area contributed by atoms with Gasteiger partial charge in [-0.3, -0.25) is 4.79 Å². The van der Waals surface area contributed by atoms with Crippen molar-refractivity contribution in [1.82, 2.24) is 9.80 Å². The average molecular weight is 627 g/mol. The van der Waals surface area contributed by atoms with Crippen LogP contribution in [0.4, 0.5) is 0 Å². The summed E-state index contributed by atoms with van der Waals surface area (Å²) in [6.07, 6.45) is 31.9. The number of allylic oxidation sites excluding steroid dienone is 1. The number of hydrogen-bond donors (Lipinski definition) is 1. The Hall–Kier alpha value is -0.640. The van der Waals surface area contributed by atoms with Crippen molar-refractivity contribution in [3.05, 3.63) is 12.2 Å². The normalized spacial score (nSPS) is 13.4. The molecule has 0 heterocycles. The van der Waals surface area contributed by atoms with E-state index in [4.69, 9.17) is 0 Å². The molecule has 0 rings (SSSR count). The Morgan fingerprint density at radius 3 is 1.63 bits per heavy atom. The number of hydrogen-bond acceptors (Lipinski definition) is 4. The molecule has 0 spiro atoms. The minimum atomic E-state index is -2.00. The number of amides is 1. The lowest BCUT2D eigenvalue weighted by atomic mass is 9.92. The molecular formula is C37H75N2O3P. The van der Waals surface area contributed by atoms with Crippen LogP contribution in [-0.4, -0.2) is 73.0 Å². The van der Waals surface area contributed by atoms with Crippen LogP contribution in [0.3, 0.4) is 0 Å². The van der Waals surface area contributed by atoms with Crippen molar-refractivity contribution in [3.63, 3.8) is 0 Å². The molecule has 0 fully saturated rings. The molecule has 2 unspecified atom stereocenters. The zero-order chi connectivity index (χ0) is 32.0. The van der Waals surface area contributed by atoms with Gasteiger partial charge in [0.15, 0.2) is 0 Å². The predicted molar refractivity (Wildman–Crippen MR) is 191 cm³/mol. The summed E-state index contributed by atoms with van der Waals surface area (Å²) in [4.78, 5) is 18.1. The van der Waals surface area contributed by atoms with Gasteiger partial charge in [0.25, 0.3) is 0 Å². The minimum absolute atomic E-state index is 0.0392. The van der Waals surface area contributed by atoms with E-state index < -0.39 is 7.80 Å². The summed E-state index contributed by atoms with van der Waals surface area (Å²) in [5, 5.41) is 10.2. The molecule has 0 bridgehead atoms. The third-order valence-electron chi connectivity index (χ3n) is 8.86. The first kappa shape index (κ1) is 42.4. The maximum Gasteiger partial charge on any atom is 0.225 e. The average Bonchev–Trinajstić information content (AvgIpc) is 3.00. The zero-order valence-corrected chi connectivity index (χ0v) is 30.6. The lowest BCUT2D eigenvalue weighted by molar-refractivity contribution is -0.135. The van der Waals surface area contributed by atoms with E-state index in [9.17, 15) is 14.5 Å². The number of unbranched alkanes of at least 4 members (excludes halogenated alkanes) is 17. The minimum Gasteiger partial charge on any atom is -0.396 e. The molecule has 0 radical (unpaired) electrons. The van der Waals surface area contributed by atoms with E-state index >= 15 is 0 Å². The van der Waals surface area contributed by atoms with E-state index in [0.29, 0.717) is 19.3 Å². The summed E-state index contributed by atoms with van der Waals surface area (Å²) in [7, 11) is 1.98. The molecule has 0 saturated carbocycles. The molecule has 1 amide bonds. The molecule has 0 aromatic carbocycles. The van der Waals surface area contributed by atoms with Crippen molar-refractivity contribution >= 4 is 13.7 Å². The van der Waals surface area contributed by atoms with Crippen molar-refractivity contribution in [3.8, 4) is 0 Å². The van der Waals surface area contributed by atoms with Crippen LogP contribution in [0.2, 0.25) is 0 Å². The van der Waals surface area contributed by atoms with Crippen molar-refractivity contribution < 1.29 is 14.5 Å². The Morgan fingerprint density at radius 1 is 0.698 bits per heavy atom. The highest BCUT2D eigenvalue weighted by Crippen LogP contribution is 2.30. The van der Waals surface area contributed by atoms with Gasteiger partial charge in [-0.2, -0.15) is 0 Å². The van der Waals surface area contributed by atoms with Crippen molar-refractivity contribution in [1.29, 1.82) is 0 Å². The SMILES string of the molecule is CCCCCCCCCC=CCN(CC(CO)[PH](=O)CCN(C)C)C(=O)C(CCCCCCCC)CCCCCCCC. The van der Waals surface area contributed by atoms with Gasteiger partial charge in [0, 0.05) is 31.7 Å². The standard InChI is InChI=1S/C37H75N2O3P/c1-6-9-12-15-18-19-20-21-24-27-30-39(33-36(34-40)43(42)32-31-38(4)5)37(41)35(28-25-22-16-13-10-7-2)29-26-23-17-14-11-8-3/h24,27,35-36,40,43H,6-23,25-26,28-34H2,1-5H3. The first-order valence-corrected chi connectivity index (χ1v) is 20.3. The predicted octanol–water partition coefficient (Wildman–Crippen LogP) is 10.1. The van der Waals surface area contributed by atoms with E-state index in [1.54, 1.807) is 0 Å². The van der Waals surface area contributed by atoms with Crippen molar-refractivity contribution in [2.45, 2.75) is 168 Å². The van der Waals surface area contributed by atoms with Gasteiger partial charge in [0.05, 0.1) is 20.1 Å². The molecule has 0 aromatic rings. The quantitative estimate of drug-likeness (QED) is 0.0459. The molecule has 5 nitrogen and oxygen atoms in total. The highest BCUT2D eigenvalue weighted by molar-refractivity contribution is 7.45. The Bertz CT molecular complexity index is 654. The van der Waals surface area contributed by atoms with Crippen LogP contribution in [-0.2, 0) is 9.36 Å². The highest BCUT2D eigenvalue weighted by Gasteiger charge is 2.27. The first-order chi connectivity index (χ1) is 20.9. The second-order valence-electron chi connectivity index (χ2n) is 13.3. The largest absolute Gasteiger partial charge is 0.396 e. The number of carbonyl (C=O) groups excluding carboxylic acids is 1. The topological polar surface area (TPSA) is 60.9 Å². The number of aliphatic hydroxyl groups is 1. The van der Waals surface area contributed by atoms with Gasteiger partial charge >= 0.3 is 0 Å². The summed E-state index contributed by atoms with van der Waals surface area (Å²) in [5.74, 6) is 0.265. The zero-order valence-electron chi connectivity index (χ0n) is 29.6. The van der Waals surface area contributed by atoms with Crippen LogP contribution in [0.15, 0.2) is 12.2 Å². The number of carbonyl (C=O) groups is 1. The van der Waals surface area contributed by atoms with Crippen LogP contribution >= 0.6 is 7.80 Å². The number of nitrogens with zero attached hydrogens (tertiary/aromatic N) is 2. The van der Waals surface area contributed by atoms with Gasteiger partial charge < -0.3 is 19.5 Å². The van der Waals surface area contributed by atoms with E-state index in [-0.39, 0.29) is 24.1 Å². The van der Waals surface area contributed by atoms with Crippen LogP contribution in [0.5, 0.6) is 0 Å². The highest BCUT2D eigenvalue weighted by atomic mass is 31.1. The van der Waals surface area contributed by atoms with Crippen LogP contribution < -0.4 is 0 Å². The van der Waals surface area contributed by atoms with Gasteiger partial charge in [-0.1, -0.05) is 148 Å². The van der Waals surface area contributed by atoms with Crippen LogP contribution in [0.25, 0.3) is 0 Å². The summed E-state index contributed by atoms with van der Waals surface area (Å²) in [5.41, 5.74) is -0.325. The summed E-state index contributed by atoms with van der Waals surface area (Å²) < 4.78 is 13.2. The van der Waals surface area contributed by atoms with Crippen molar-refractivity contribution in [2.24, 2.45) is 5.92 Å². The maximum atomic E-state index is 14.1. The van der Waals surface area contributed by atoms with Gasteiger partial charge in [0.2, 0.25) is 5.91 Å². The lowest BCUT2D eigenvalue weighted by Crippen LogP contribution is -2.41. The fourth-order valence-electron chi connectivity index (χ4n) is 5.85. The molecular weight excluding hydrogens is 551 g/mol. The van der Waals surface area contributed by atoms with E-state index in [2.05, 4.69) is 32.9 Å². The summed E-state index contributed by atoms with van der Waals surface area (Å²) >= 11 is 0.